The number of benzene rings is 1. The average Bonchev–Trinajstić information content (AvgIpc) is 3.41. The lowest BCUT2D eigenvalue weighted by molar-refractivity contribution is -0.233. The second-order valence-electron chi connectivity index (χ2n) is 20.2. The zero-order chi connectivity index (χ0) is 41.6. The van der Waals surface area contributed by atoms with Gasteiger partial charge in [0.2, 0.25) is 5.78 Å². The molecule has 0 aromatic heterocycles. The molecule has 0 radical (unpaired) electrons. The van der Waals surface area contributed by atoms with E-state index in [1.165, 1.54) is 26.0 Å². The Balaban J connectivity index is 1.26. The zero-order valence-electron chi connectivity index (χ0n) is 34.5. The molecule has 4 saturated carbocycles. The Bertz CT molecular complexity index is 1850. The topological polar surface area (TPSA) is 127 Å². The number of aliphatic carboxylic acids is 1. The molecule has 0 saturated heterocycles. The smallest absolute Gasteiger partial charge is 0.416 e. The minimum Gasteiger partial charge on any atom is -0.481 e. The van der Waals surface area contributed by atoms with Gasteiger partial charge in [0.25, 0.3) is 5.91 Å². The number of carboxylic acid groups (broad SMARTS) is 1. The van der Waals surface area contributed by atoms with E-state index >= 15 is 0 Å². The molecule has 0 heterocycles. The number of Topliss-reactive ketones (excluding diaryl/α,β-unsaturated/α-hetero) is 2. The summed E-state index contributed by atoms with van der Waals surface area (Å²) in [6, 6.07) is 4.48. The van der Waals surface area contributed by atoms with Crippen molar-refractivity contribution in [3.05, 3.63) is 46.5 Å². The molecule has 1 amide bonds. The van der Waals surface area contributed by atoms with Gasteiger partial charge in [0.1, 0.15) is 6.10 Å². The van der Waals surface area contributed by atoms with Gasteiger partial charge in [0, 0.05) is 18.4 Å². The van der Waals surface area contributed by atoms with E-state index < -0.39 is 46.2 Å². The number of fused-ring (bicyclic) bond motifs is 7. The van der Waals surface area contributed by atoms with Gasteiger partial charge < -0.3 is 15.2 Å². The van der Waals surface area contributed by atoms with Crippen molar-refractivity contribution in [2.45, 2.75) is 145 Å². The zero-order valence-corrected chi connectivity index (χ0v) is 34.5. The predicted octanol–water partition coefficient (Wildman–Crippen LogP) is 9.28. The van der Waals surface area contributed by atoms with Crippen LogP contribution in [-0.4, -0.2) is 40.6 Å². The monoisotopic (exact) mass is 783 g/mol. The van der Waals surface area contributed by atoms with E-state index in [2.05, 4.69) is 39.9 Å². The number of alkyl halides is 3. The van der Waals surface area contributed by atoms with E-state index in [4.69, 9.17) is 4.74 Å². The molecule has 2 N–H and O–H groups in total. The number of carbonyl (C=O) groups excluding carboxylic acids is 4. The van der Waals surface area contributed by atoms with Crippen LogP contribution in [0, 0.1) is 56.2 Å². The van der Waals surface area contributed by atoms with Crippen molar-refractivity contribution in [2.24, 2.45) is 56.2 Å². The molecule has 0 spiro atoms. The molecule has 0 unspecified atom stereocenters. The van der Waals surface area contributed by atoms with E-state index in [1.807, 2.05) is 13.8 Å². The molecular formula is C45H60F3NO7. The fraction of sp³-hybridized carbons (Fsp3) is 0.711. The van der Waals surface area contributed by atoms with Crippen LogP contribution in [0.4, 0.5) is 13.2 Å². The molecule has 0 aliphatic heterocycles. The van der Waals surface area contributed by atoms with Gasteiger partial charge in [0.15, 0.2) is 5.78 Å². The van der Waals surface area contributed by atoms with Crippen molar-refractivity contribution in [3.63, 3.8) is 0 Å². The summed E-state index contributed by atoms with van der Waals surface area (Å²) >= 11 is 0. The van der Waals surface area contributed by atoms with Crippen molar-refractivity contribution in [2.75, 3.05) is 0 Å². The van der Waals surface area contributed by atoms with Crippen LogP contribution in [-0.2, 0) is 41.4 Å². The van der Waals surface area contributed by atoms with Crippen molar-refractivity contribution in [1.82, 2.24) is 5.32 Å². The minimum absolute atomic E-state index is 0.0349. The van der Waals surface area contributed by atoms with E-state index in [9.17, 15) is 42.3 Å². The highest BCUT2D eigenvalue weighted by atomic mass is 19.4. The van der Waals surface area contributed by atoms with Gasteiger partial charge in [-0.15, -0.1) is 0 Å². The number of rotatable bonds is 9. The standard InChI is InChI=1S/C45H60F3NO7/c1-25(2)34-29(50)22-44(36(52)37(53)49-24-26-10-12-27(13-11-26)45(46,47)48)21-20-42(8)28(35(34)44)14-15-31-41(7)18-17-32(56-33(51)23-39(3,4)38(54)55)40(5,6)30(41)16-19-43(31,42)9/h10-13,25,28,30-32H,14-24H2,1-9H3,(H,49,53)(H,54,55)/t28-,30+,31-,32+,41+,42-,43-,44-/m1/s1. The number of allylic oxidation sites excluding steroid dienone is 2. The largest absolute Gasteiger partial charge is 0.481 e. The number of esters is 1. The average molecular weight is 784 g/mol. The Kier molecular flexibility index (Phi) is 10.4. The van der Waals surface area contributed by atoms with Gasteiger partial charge in [-0.3, -0.25) is 24.0 Å². The third kappa shape index (κ3) is 6.45. The van der Waals surface area contributed by atoms with Crippen molar-refractivity contribution in [1.29, 1.82) is 0 Å². The second kappa shape index (κ2) is 13.8. The molecule has 1 aromatic carbocycles. The van der Waals surface area contributed by atoms with Gasteiger partial charge in [-0.05, 0) is 134 Å². The molecular weight excluding hydrogens is 723 g/mol. The molecule has 6 rings (SSSR count). The lowest BCUT2D eigenvalue weighted by atomic mass is 9.33. The summed E-state index contributed by atoms with van der Waals surface area (Å²) in [6.07, 6.45) is 1.07. The maximum atomic E-state index is 14.5. The van der Waals surface area contributed by atoms with Crippen LogP contribution in [0.15, 0.2) is 35.4 Å². The highest BCUT2D eigenvalue weighted by molar-refractivity contribution is 6.40. The maximum absolute atomic E-state index is 14.5. The number of hydrogen-bond donors (Lipinski definition) is 2. The molecule has 8 atom stereocenters. The maximum Gasteiger partial charge on any atom is 0.416 e. The Morgan fingerprint density at radius 1 is 0.875 bits per heavy atom. The summed E-state index contributed by atoms with van der Waals surface area (Å²) in [6.45, 7) is 18.5. The third-order valence-electron chi connectivity index (χ3n) is 16.2. The lowest BCUT2D eigenvalue weighted by Crippen LogP contribution is -2.66. The van der Waals surface area contributed by atoms with E-state index in [0.29, 0.717) is 36.3 Å². The van der Waals surface area contributed by atoms with Gasteiger partial charge >= 0.3 is 18.1 Å². The number of nitrogens with one attached hydrogen (secondary N) is 1. The van der Waals surface area contributed by atoms with Crippen LogP contribution >= 0.6 is 0 Å². The van der Waals surface area contributed by atoms with E-state index in [-0.39, 0.29) is 70.7 Å². The molecule has 8 nitrogen and oxygen atoms in total. The first kappa shape index (κ1) is 42.1. The fourth-order valence-corrected chi connectivity index (χ4v) is 13.0. The van der Waals surface area contributed by atoms with Crippen LogP contribution < -0.4 is 5.32 Å². The van der Waals surface area contributed by atoms with Crippen LogP contribution in [0.5, 0.6) is 0 Å². The Hall–Kier alpha value is -3.50. The second-order valence-corrected chi connectivity index (χ2v) is 20.2. The van der Waals surface area contributed by atoms with Gasteiger partial charge in [-0.2, -0.15) is 13.2 Å². The number of carbonyl (C=O) groups is 5. The summed E-state index contributed by atoms with van der Waals surface area (Å²) in [7, 11) is 0. The SMILES string of the molecule is CC(C)C1=C2[C@H]3CC[C@@H]4[C@@]5(C)CC[C@H](OC(=O)CC(C)(C)C(=O)O)C(C)(C)[C@@H]5CC[C@@]4(C)[C@]3(C)CC[C@@]2(C(=O)C(=O)NCc2ccc(C(F)(F)F)cc2)CC1=O. The number of ketones is 2. The van der Waals surface area contributed by atoms with Gasteiger partial charge in [0.05, 0.1) is 22.8 Å². The summed E-state index contributed by atoms with van der Waals surface area (Å²) in [5.41, 5.74) is -2.12. The summed E-state index contributed by atoms with van der Waals surface area (Å²) in [5.74, 6) is -2.68. The molecule has 1 aromatic rings. The first-order valence-electron chi connectivity index (χ1n) is 20.5. The molecule has 0 bridgehead atoms. The predicted molar refractivity (Wildman–Crippen MR) is 204 cm³/mol. The number of carboxylic acids is 1. The van der Waals surface area contributed by atoms with Crippen molar-refractivity contribution >= 4 is 29.4 Å². The van der Waals surface area contributed by atoms with Crippen molar-refractivity contribution in [3.8, 4) is 0 Å². The highest BCUT2D eigenvalue weighted by Gasteiger charge is 2.71. The molecule has 11 heteroatoms. The number of hydrogen-bond acceptors (Lipinski definition) is 6. The fourth-order valence-electron chi connectivity index (χ4n) is 13.0. The third-order valence-corrected chi connectivity index (χ3v) is 16.2. The molecule has 56 heavy (non-hydrogen) atoms. The minimum atomic E-state index is -4.48. The Morgan fingerprint density at radius 2 is 1.52 bits per heavy atom. The van der Waals surface area contributed by atoms with Gasteiger partial charge in [-0.25, -0.2) is 0 Å². The Morgan fingerprint density at radius 3 is 2.11 bits per heavy atom. The van der Waals surface area contributed by atoms with Gasteiger partial charge in [-0.1, -0.05) is 60.6 Å². The van der Waals surface area contributed by atoms with Crippen LogP contribution in [0.25, 0.3) is 0 Å². The highest BCUT2D eigenvalue weighted by Crippen LogP contribution is 2.76. The van der Waals surface area contributed by atoms with Crippen LogP contribution in [0.2, 0.25) is 0 Å². The molecule has 5 aliphatic carbocycles. The van der Waals surface area contributed by atoms with E-state index in [0.717, 1.165) is 49.8 Å². The first-order valence-corrected chi connectivity index (χ1v) is 20.5. The van der Waals surface area contributed by atoms with Crippen LogP contribution in [0.3, 0.4) is 0 Å². The van der Waals surface area contributed by atoms with Crippen molar-refractivity contribution < 1.29 is 47.0 Å². The number of ether oxygens (including phenoxy) is 1. The molecule has 308 valence electrons. The van der Waals surface area contributed by atoms with Crippen LogP contribution in [0.1, 0.15) is 138 Å². The first-order chi connectivity index (χ1) is 25.8. The summed E-state index contributed by atoms with van der Waals surface area (Å²) in [5, 5.41) is 12.3. The lowest BCUT2D eigenvalue weighted by Gasteiger charge is -2.72. The summed E-state index contributed by atoms with van der Waals surface area (Å²) < 4.78 is 45.4. The summed E-state index contributed by atoms with van der Waals surface area (Å²) in [4.78, 5) is 67.0. The quantitative estimate of drug-likeness (QED) is 0.189. The Labute approximate surface area is 329 Å². The van der Waals surface area contributed by atoms with E-state index in [1.54, 1.807) is 0 Å². The number of amides is 1. The molecule has 4 fully saturated rings. The number of halogens is 3. The normalized spacial score (nSPS) is 35.2. The molecule has 5 aliphatic rings.